The first-order valence-electron chi connectivity index (χ1n) is 9.58. The molecule has 3 N–H and O–H groups in total. The van der Waals surface area contributed by atoms with Gasteiger partial charge in [-0.05, 0) is 12.8 Å². The summed E-state index contributed by atoms with van der Waals surface area (Å²) in [7, 11) is 0. The van der Waals surface area contributed by atoms with Crippen LogP contribution in [0.15, 0.2) is 0 Å². The monoisotopic (exact) mass is 299 g/mol. The van der Waals surface area contributed by atoms with Gasteiger partial charge in [-0.25, -0.2) is 0 Å². The quantitative estimate of drug-likeness (QED) is 0.366. The van der Waals surface area contributed by atoms with Crippen LogP contribution in [0.4, 0.5) is 0 Å². The Labute approximate surface area is 133 Å². The number of unbranched alkanes of at least 4 members (excludes halogenated alkanes) is 11. The molecule has 2 nitrogen and oxygen atoms in total. The first kappa shape index (κ1) is 20.9. The van der Waals surface area contributed by atoms with E-state index >= 15 is 0 Å². The summed E-state index contributed by atoms with van der Waals surface area (Å²) in [4.78, 5) is 0. The maximum atomic E-state index is 9.50. The third kappa shape index (κ3) is 13.3. The average Bonchev–Trinajstić information content (AvgIpc) is 2.49. The Morgan fingerprint density at radius 1 is 0.619 bits per heavy atom. The summed E-state index contributed by atoms with van der Waals surface area (Å²) in [5.74, 6) is 0. The van der Waals surface area contributed by atoms with Crippen molar-refractivity contribution < 1.29 is 5.11 Å². The van der Waals surface area contributed by atoms with E-state index in [0.29, 0.717) is 0 Å². The zero-order chi connectivity index (χ0) is 15.8. The Bertz CT molecular complexity index is 208. The Balaban J connectivity index is 3.42. The van der Waals surface area contributed by atoms with Crippen LogP contribution in [0.3, 0.4) is 0 Å². The predicted molar refractivity (Wildman–Crippen MR) is 94.6 cm³/mol. The largest absolute Gasteiger partial charge is 0.394 e. The van der Waals surface area contributed by atoms with Gasteiger partial charge >= 0.3 is 0 Å². The SMILES string of the molecule is CCCCCCCCCCCCC(N)(CO)CCCCC. The van der Waals surface area contributed by atoms with E-state index in [4.69, 9.17) is 5.73 Å². The second kappa shape index (κ2) is 14.8. The number of rotatable bonds is 16. The van der Waals surface area contributed by atoms with E-state index in [9.17, 15) is 5.11 Å². The van der Waals surface area contributed by atoms with Crippen LogP contribution in [-0.2, 0) is 0 Å². The Morgan fingerprint density at radius 3 is 1.38 bits per heavy atom. The third-order valence-corrected chi connectivity index (χ3v) is 4.62. The van der Waals surface area contributed by atoms with E-state index in [2.05, 4.69) is 13.8 Å². The summed E-state index contributed by atoms with van der Waals surface area (Å²) in [5, 5.41) is 9.50. The molecule has 0 aromatic rings. The van der Waals surface area contributed by atoms with Crippen LogP contribution >= 0.6 is 0 Å². The van der Waals surface area contributed by atoms with Gasteiger partial charge in [0.1, 0.15) is 0 Å². The molecule has 0 aromatic heterocycles. The summed E-state index contributed by atoms with van der Waals surface area (Å²) in [6, 6.07) is 0. The molecule has 1 unspecified atom stereocenters. The molecular weight excluding hydrogens is 258 g/mol. The van der Waals surface area contributed by atoms with Crippen LogP contribution in [0.2, 0.25) is 0 Å². The minimum atomic E-state index is -0.310. The predicted octanol–water partition coefficient (Wildman–Crippen LogP) is 5.57. The molecule has 0 aliphatic rings. The molecule has 0 aromatic carbocycles. The minimum absolute atomic E-state index is 0.147. The lowest BCUT2D eigenvalue weighted by atomic mass is 9.88. The van der Waals surface area contributed by atoms with E-state index in [1.54, 1.807) is 0 Å². The molecule has 0 rings (SSSR count). The molecule has 0 amide bonds. The van der Waals surface area contributed by atoms with Gasteiger partial charge in [-0.3, -0.25) is 0 Å². The standard InChI is InChI=1S/C19H41NO/c1-3-5-7-8-9-10-11-12-13-15-17-19(20,18-21)16-14-6-4-2/h21H,3-18,20H2,1-2H3. The fourth-order valence-electron chi connectivity index (χ4n) is 2.97. The Morgan fingerprint density at radius 2 is 0.952 bits per heavy atom. The topological polar surface area (TPSA) is 46.2 Å². The molecular formula is C19H41NO. The third-order valence-electron chi connectivity index (χ3n) is 4.62. The van der Waals surface area contributed by atoms with Gasteiger partial charge in [-0.1, -0.05) is 97.3 Å². The molecule has 0 spiro atoms. The molecule has 0 aliphatic carbocycles. The van der Waals surface area contributed by atoms with Gasteiger partial charge in [0.15, 0.2) is 0 Å². The van der Waals surface area contributed by atoms with Crippen LogP contribution in [0.5, 0.6) is 0 Å². The van der Waals surface area contributed by atoms with Gasteiger partial charge in [0.2, 0.25) is 0 Å². The molecule has 0 radical (unpaired) electrons. The molecule has 0 saturated heterocycles. The molecule has 0 heterocycles. The fraction of sp³-hybridized carbons (Fsp3) is 1.00. The van der Waals surface area contributed by atoms with E-state index in [-0.39, 0.29) is 12.1 Å². The smallest absolute Gasteiger partial charge is 0.0611 e. The van der Waals surface area contributed by atoms with E-state index in [1.807, 2.05) is 0 Å². The van der Waals surface area contributed by atoms with Gasteiger partial charge in [-0.2, -0.15) is 0 Å². The molecule has 128 valence electrons. The summed E-state index contributed by atoms with van der Waals surface area (Å²) >= 11 is 0. The second-order valence-electron chi connectivity index (χ2n) is 6.91. The lowest BCUT2D eigenvalue weighted by Crippen LogP contribution is -2.43. The highest BCUT2D eigenvalue weighted by atomic mass is 16.3. The number of hydrogen-bond donors (Lipinski definition) is 2. The molecule has 0 fully saturated rings. The Kier molecular flexibility index (Phi) is 14.8. The zero-order valence-electron chi connectivity index (χ0n) is 14.8. The van der Waals surface area contributed by atoms with Crippen molar-refractivity contribution in [2.24, 2.45) is 5.73 Å². The zero-order valence-corrected chi connectivity index (χ0v) is 14.8. The van der Waals surface area contributed by atoms with E-state index in [0.717, 1.165) is 19.3 Å². The second-order valence-corrected chi connectivity index (χ2v) is 6.91. The lowest BCUT2D eigenvalue weighted by Gasteiger charge is -2.27. The van der Waals surface area contributed by atoms with Crippen LogP contribution in [0.25, 0.3) is 0 Å². The van der Waals surface area contributed by atoms with Crippen molar-refractivity contribution in [2.45, 2.75) is 116 Å². The highest BCUT2D eigenvalue weighted by Crippen LogP contribution is 2.20. The maximum Gasteiger partial charge on any atom is 0.0611 e. The van der Waals surface area contributed by atoms with Crippen LogP contribution < -0.4 is 5.73 Å². The van der Waals surface area contributed by atoms with Gasteiger partial charge < -0.3 is 10.8 Å². The molecule has 1 atom stereocenters. The van der Waals surface area contributed by atoms with Gasteiger partial charge in [0, 0.05) is 5.54 Å². The molecule has 0 aliphatic heterocycles. The summed E-state index contributed by atoms with van der Waals surface area (Å²) in [6.45, 7) is 4.62. The summed E-state index contributed by atoms with van der Waals surface area (Å²) in [6.07, 6.45) is 19.1. The van der Waals surface area contributed by atoms with Crippen molar-refractivity contribution in [2.75, 3.05) is 6.61 Å². The van der Waals surface area contributed by atoms with Crippen LogP contribution in [0, 0.1) is 0 Å². The lowest BCUT2D eigenvalue weighted by molar-refractivity contribution is 0.171. The number of aliphatic hydroxyl groups excluding tert-OH is 1. The van der Waals surface area contributed by atoms with Gasteiger partial charge in [0.25, 0.3) is 0 Å². The maximum absolute atomic E-state index is 9.50. The molecule has 0 bridgehead atoms. The van der Waals surface area contributed by atoms with Crippen molar-refractivity contribution in [3.05, 3.63) is 0 Å². The van der Waals surface area contributed by atoms with E-state index < -0.39 is 0 Å². The average molecular weight is 300 g/mol. The first-order valence-corrected chi connectivity index (χ1v) is 9.58. The van der Waals surface area contributed by atoms with Crippen molar-refractivity contribution in [1.82, 2.24) is 0 Å². The fourth-order valence-corrected chi connectivity index (χ4v) is 2.97. The van der Waals surface area contributed by atoms with Crippen molar-refractivity contribution >= 4 is 0 Å². The van der Waals surface area contributed by atoms with Crippen LogP contribution in [-0.4, -0.2) is 17.3 Å². The number of nitrogens with two attached hydrogens (primary N) is 1. The highest BCUT2D eigenvalue weighted by Gasteiger charge is 2.22. The minimum Gasteiger partial charge on any atom is -0.394 e. The Hall–Kier alpha value is -0.0800. The number of aliphatic hydroxyl groups is 1. The molecule has 2 heteroatoms. The molecule has 0 saturated carbocycles. The van der Waals surface area contributed by atoms with Crippen molar-refractivity contribution in [3.8, 4) is 0 Å². The van der Waals surface area contributed by atoms with Crippen molar-refractivity contribution in [1.29, 1.82) is 0 Å². The molecule has 21 heavy (non-hydrogen) atoms. The highest BCUT2D eigenvalue weighted by molar-refractivity contribution is 4.83. The van der Waals surface area contributed by atoms with E-state index in [1.165, 1.54) is 77.0 Å². The summed E-state index contributed by atoms with van der Waals surface area (Å²) in [5.41, 5.74) is 5.99. The van der Waals surface area contributed by atoms with Gasteiger partial charge in [-0.15, -0.1) is 0 Å². The van der Waals surface area contributed by atoms with Crippen LogP contribution in [0.1, 0.15) is 110 Å². The summed E-state index contributed by atoms with van der Waals surface area (Å²) < 4.78 is 0. The van der Waals surface area contributed by atoms with Crippen molar-refractivity contribution in [3.63, 3.8) is 0 Å². The van der Waals surface area contributed by atoms with Gasteiger partial charge in [0.05, 0.1) is 6.61 Å². The normalized spacial score (nSPS) is 14.3. The number of hydrogen-bond acceptors (Lipinski definition) is 2. The first-order chi connectivity index (χ1) is 10.2.